The number of ether oxygens (including phenoxy) is 2. The molecule has 26 heavy (non-hydrogen) atoms. The van der Waals surface area contributed by atoms with Crippen LogP contribution in [0.25, 0.3) is 6.08 Å². The summed E-state index contributed by atoms with van der Waals surface area (Å²) >= 11 is 1.21. The van der Waals surface area contributed by atoms with Crippen molar-refractivity contribution in [1.82, 2.24) is 5.32 Å². The number of para-hydroxylation sites is 1. The van der Waals surface area contributed by atoms with Gasteiger partial charge in [-0.2, -0.15) is 0 Å². The SMILES string of the molecule is COC(=O)c1ccccc1N=C1NC(=O)/C(=C/c2ccc(OC)cc2)S1. The third kappa shape index (κ3) is 3.94. The Labute approximate surface area is 154 Å². The molecule has 3 rings (SSSR count). The van der Waals surface area contributed by atoms with E-state index in [0.29, 0.717) is 21.3 Å². The minimum Gasteiger partial charge on any atom is -0.497 e. The third-order valence-electron chi connectivity index (χ3n) is 3.60. The summed E-state index contributed by atoms with van der Waals surface area (Å²) in [5.41, 5.74) is 1.65. The third-order valence-corrected chi connectivity index (χ3v) is 4.51. The van der Waals surface area contributed by atoms with Gasteiger partial charge >= 0.3 is 5.97 Å². The van der Waals surface area contributed by atoms with E-state index >= 15 is 0 Å². The second kappa shape index (κ2) is 7.88. The van der Waals surface area contributed by atoms with E-state index in [2.05, 4.69) is 10.3 Å². The second-order valence-corrected chi connectivity index (χ2v) is 6.29. The number of nitrogens with one attached hydrogen (secondary N) is 1. The number of carbonyl (C=O) groups is 2. The Balaban J connectivity index is 1.84. The molecular weight excluding hydrogens is 352 g/mol. The first kappa shape index (κ1) is 17.8. The Morgan fingerprint density at radius 3 is 2.54 bits per heavy atom. The number of nitrogens with zero attached hydrogens (tertiary/aromatic N) is 1. The first-order valence-corrected chi connectivity index (χ1v) is 8.53. The topological polar surface area (TPSA) is 77.0 Å². The number of hydrogen-bond acceptors (Lipinski definition) is 6. The lowest BCUT2D eigenvalue weighted by molar-refractivity contribution is -0.115. The monoisotopic (exact) mass is 368 g/mol. The van der Waals surface area contributed by atoms with Gasteiger partial charge in [0.15, 0.2) is 5.17 Å². The highest BCUT2D eigenvalue weighted by molar-refractivity contribution is 8.18. The molecule has 1 saturated heterocycles. The van der Waals surface area contributed by atoms with Gasteiger partial charge < -0.3 is 14.8 Å². The van der Waals surface area contributed by atoms with Crippen molar-refractivity contribution in [3.63, 3.8) is 0 Å². The molecule has 0 aromatic heterocycles. The van der Waals surface area contributed by atoms with Gasteiger partial charge in [-0.3, -0.25) is 4.79 Å². The summed E-state index contributed by atoms with van der Waals surface area (Å²) < 4.78 is 9.88. The molecule has 0 aliphatic carbocycles. The van der Waals surface area contributed by atoms with Crippen LogP contribution in [-0.4, -0.2) is 31.3 Å². The summed E-state index contributed by atoms with van der Waals surface area (Å²) in [6.45, 7) is 0. The molecule has 0 saturated carbocycles. The minimum absolute atomic E-state index is 0.236. The molecule has 1 aliphatic heterocycles. The fourth-order valence-corrected chi connectivity index (χ4v) is 3.13. The smallest absolute Gasteiger partial charge is 0.340 e. The van der Waals surface area contributed by atoms with E-state index in [0.717, 1.165) is 11.3 Å². The second-order valence-electron chi connectivity index (χ2n) is 5.26. The predicted octanol–water partition coefficient (Wildman–Crippen LogP) is 3.37. The summed E-state index contributed by atoms with van der Waals surface area (Å²) in [6, 6.07) is 14.2. The lowest BCUT2D eigenvalue weighted by Crippen LogP contribution is -2.19. The summed E-state index contributed by atoms with van der Waals surface area (Å²) in [5, 5.41) is 3.12. The standard InChI is InChI=1S/C19H16N2O4S/c1-24-13-9-7-12(8-10-13)11-16-17(22)21-19(26-16)20-15-6-4-3-5-14(15)18(23)25-2/h3-11H,1-2H3,(H,20,21,22)/b16-11-. The quantitative estimate of drug-likeness (QED) is 0.661. The van der Waals surface area contributed by atoms with Crippen LogP contribution in [0, 0.1) is 0 Å². The number of hydrogen-bond donors (Lipinski definition) is 1. The molecular formula is C19H16N2O4S. The van der Waals surface area contributed by atoms with E-state index in [1.54, 1.807) is 37.5 Å². The van der Waals surface area contributed by atoms with Gasteiger partial charge in [0.2, 0.25) is 0 Å². The van der Waals surface area contributed by atoms with Gasteiger partial charge in [-0.15, -0.1) is 0 Å². The van der Waals surface area contributed by atoms with Gasteiger partial charge in [0.1, 0.15) is 5.75 Å². The van der Waals surface area contributed by atoms with E-state index in [1.807, 2.05) is 24.3 Å². The molecule has 0 spiro atoms. The Bertz CT molecular complexity index is 904. The first-order valence-electron chi connectivity index (χ1n) is 7.71. The first-order chi connectivity index (χ1) is 12.6. The number of rotatable bonds is 4. The molecule has 1 fully saturated rings. The number of aliphatic imine (C=N–C) groups is 1. The van der Waals surface area contributed by atoms with Crippen molar-refractivity contribution in [2.24, 2.45) is 4.99 Å². The Kier molecular flexibility index (Phi) is 5.38. The number of benzene rings is 2. The molecule has 1 aliphatic rings. The average molecular weight is 368 g/mol. The average Bonchev–Trinajstić information content (AvgIpc) is 3.01. The van der Waals surface area contributed by atoms with Crippen molar-refractivity contribution in [2.75, 3.05) is 14.2 Å². The summed E-state index contributed by atoms with van der Waals surface area (Å²) in [4.78, 5) is 28.9. The van der Waals surface area contributed by atoms with Crippen molar-refractivity contribution in [3.05, 3.63) is 64.6 Å². The van der Waals surface area contributed by atoms with Crippen molar-refractivity contribution < 1.29 is 19.1 Å². The van der Waals surface area contributed by atoms with Crippen LogP contribution in [0.5, 0.6) is 5.75 Å². The lowest BCUT2D eigenvalue weighted by atomic mass is 10.2. The van der Waals surface area contributed by atoms with Crippen LogP contribution in [0.1, 0.15) is 15.9 Å². The maximum absolute atomic E-state index is 12.2. The van der Waals surface area contributed by atoms with Crippen LogP contribution in [0.2, 0.25) is 0 Å². The fourth-order valence-electron chi connectivity index (χ4n) is 2.30. The Hall–Kier alpha value is -3.06. The van der Waals surface area contributed by atoms with Crippen molar-refractivity contribution in [2.45, 2.75) is 0 Å². The molecule has 0 bridgehead atoms. The van der Waals surface area contributed by atoms with E-state index in [1.165, 1.54) is 18.9 Å². The molecule has 1 N–H and O–H groups in total. The highest BCUT2D eigenvalue weighted by Crippen LogP contribution is 2.29. The molecule has 0 unspecified atom stereocenters. The van der Waals surface area contributed by atoms with E-state index in [4.69, 9.17) is 9.47 Å². The van der Waals surface area contributed by atoms with Crippen molar-refractivity contribution in [3.8, 4) is 5.75 Å². The van der Waals surface area contributed by atoms with Gasteiger partial charge in [0, 0.05) is 0 Å². The largest absolute Gasteiger partial charge is 0.497 e. The molecule has 1 heterocycles. The van der Waals surface area contributed by atoms with E-state index < -0.39 is 5.97 Å². The highest BCUT2D eigenvalue weighted by atomic mass is 32.2. The van der Waals surface area contributed by atoms with E-state index in [-0.39, 0.29) is 5.91 Å². The maximum Gasteiger partial charge on any atom is 0.340 e. The van der Waals surface area contributed by atoms with Gasteiger partial charge in [-0.1, -0.05) is 24.3 Å². The van der Waals surface area contributed by atoms with Crippen LogP contribution in [0.3, 0.4) is 0 Å². The maximum atomic E-state index is 12.2. The zero-order chi connectivity index (χ0) is 18.5. The number of amidine groups is 1. The van der Waals surface area contributed by atoms with Crippen LogP contribution >= 0.6 is 11.8 Å². The molecule has 2 aromatic rings. The zero-order valence-electron chi connectivity index (χ0n) is 14.2. The number of methoxy groups -OCH3 is 2. The molecule has 0 atom stereocenters. The molecule has 132 valence electrons. The van der Waals surface area contributed by atoms with Crippen LogP contribution in [0.15, 0.2) is 58.4 Å². The van der Waals surface area contributed by atoms with E-state index in [9.17, 15) is 9.59 Å². The molecule has 2 aromatic carbocycles. The number of carbonyl (C=O) groups excluding carboxylic acids is 2. The van der Waals surface area contributed by atoms with Crippen molar-refractivity contribution >= 4 is 40.6 Å². The minimum atomic E-state index is -0.478. The summed E-state index contributed by atoms with van der Waals surface area (Å²) in [5.74, 6) is 0.0331. The van der Waals surface area contributed by atoms with Crippen LogP contribution < -0.4 is 10.1 Å². The number of esters is 1. The van der Waals surface area contributed by atoms with Gasteiger partial charge in [0.05, 0.1) is 30.4 Å². The normalized spacial score (nSPS) is 16.6. The Morgan fingerprint density at radius 1 is 1.12 bits per heavy atom. The van der Waals surface area contributed by atoms with Gasteiger partial charge in [0.25, 0.3) is 5.91 Å². The lowest BCUT2D eigenvalue weighted by Gasteiger charge is -2.03. The van der Waals surface area contributed by atoms with Crippen molar-refractivity contribution in [1.29, 1.82) is 0 Å². The number of amides is 1. The van der Waals surface area contributed by atoms with Crippen LogP contribution in [-0.2, 0) is 9.53 Å². The Morgan fingerprint density at radius 2 is 1.85 bits per heavy atom. The van der Waals surface area contributed by atoms with Gasteiger partial charge in [-0.25, -0.2) is 9.79 Å². The molecule has 1 amide bonds. The molecule has 6 nitrogen and oxygen atoms in total. The predicted molar refractivity (Wildman–Crippen MR) is 102 cm³/mol. The number of thioether (sulfide) groups is 1. The molecule has 7 heteroatoms. The molecule has 0 radical (unpaired) electrons. The highest BCUT2D eigenvalue weighted by Gasteiger charge is 2.24. The van der Waals surface area contributed by atoms with Gasteiger partial charge in [-0.05, 0) is 47.7 Å². The summed E-state index contributed by atoms with van der Waals surface area (Å²) in [7, 11) is 2.91. The van der Waals surface area contributed by atoms with Crippen LogP contribution in [0.4, 0.5) is 5.69 Å². The zero-order valence-corrected chi connectivity index (χ0v) is 15.0. The fraction of sp³-hybridized carbons (Fsp3) is 0.105. The summed E-state index contributed by atoms with van der Waals surface area (Å²) in [6.07, 6.45) is 1.77.